The van der Waals surface area contributed by atoms with E-state index >= 15 is 0 Å². The van der Waals surface area contributed by atoms with Gasteiger partial charge in [-0.25, -0.2) is 4.79 Å². The van der Waals surface area contributed by atoms with Gasteiger partial charge in [0.25, 0.3) is 0 Å². The first-order valence-corrected chi connectivity index (χ1v) is 14.4. The van der Waals surface area contributed by atoms with Crippen LogP contribution in [-0.2, 0) is 4.74 Å². The third-order valence-corrected chi connectivity index (χ3v) is 9.21. The molecule has 1 amide bonds. The van der Waals surface area contributed by atoms with Crippen molar-refractivity contribution in [2.75, 3.05) is 13.2 Å². The first-order valence-electron chi connectivity index (χ1n) is 14.4. The Morgan fingerprint density at radius 1 is 1.17 bits per heavy atom. The van der Waals surface area contributed by atoms with Gasteiger partial charge in [0.15, 0.2) is 0 Å². The zero-order chi connectivity index (χ0) is 25.4. The van der Waals surface area contributed by atoms with E-state index < -0.39 is 0 Å². The van der Waals surface area contributed by atoms with Crippen LogP contribution in [0.25, 0.3) is 0 Å². The Balaban J connectivity index is 1.62. The zero-order valence-electron chi connectivity index (χ0n) is 22.9. The minimum absolute atomic E-state index is 0.0723. The van der Waals surface area contributed by atoms with Crippen molar-refractivity contribution in [3.8, 4) is 0 Å². The van der Waals surface area contributed by atoms with Crippen LogP contribution >= 0.6 is 0 Å². The molecule has 0 aromatic rings. The average molecular weight is 486 g/mol. The molecule has 4 nitrogen and oxygen atoms in total. The Kier molecular flexibility index (Phi) is 10.5. The topological polar surface area (TPSA) is 58.6 Å². The lowest BCUT2D eigenvalue weighted by Gasteiger charge is -2.44. The van der Waals surface area contributed by atoms with Crippen LogP contribution in [0.2, 0.25) is 0 Å². The Bertz CT molecular complexity index is 782. The van der Waals surface area contributed by atoms with Gasteiger partial charge < -0.3 is 15.2 Å². The van der Waals surface area contributed by atoms with Crippen molar-refractivity contribution >= 4 is 6.09 Å². The van der Waals surface area contributed by atoms with Gasteiger partial charge in [-0.1, -0.05) is 76.8 Å². The summed E-state index contributed by atoms with van der Waals surface area (Å²) in [5.41, 5.74) is 4.51. The summed E-state index contributed by atoms with van der Waals surface area (Å²) >= 11 is 0. The summed E-state index contributed by atoms with van der Waals surface area (Å²) in [7, 11) is 0. The molecule has 3 aliphatic rings. The van der Waals surface area contributed by atoms with Crippen molar-refractivity contribution < 1.29 is 14.6 Å². The molecule has 0 heterocycles. The average Bonchev–Trinajstić information content (AvgIpc) is 3.17. The summed E-state index contributed by atoms with van der Waals surface area (Å²) in [4.78, 5) is 12.1. The van der Waals surface area contributed by atoms with Gasteiger partial charge in [0, 0.05) is 19.6 Å². The lowest BCUT2D eigenvalue weighted by molar-refractivity contribution is 0.0889. The van der Waals surface area contributed by atoms with Crippen molar-refractivity contribution in [3.63, 3.8) is 0 Å². The van der Waals surface area contributed by atoms with Gasteiger partial charge in [-0.05, 0) is 86.0 Å². The molecule has 3 rings (SSSR count). The summed E-state index contributed by atoms with van der Waals surface area (Å²) in [6.07, 6.45) is 18.0. The number of nitrogens with one attached hydrogen (secondary N) is 1. The Labute approximate surface area is 214 Å². The quantitative estimate of drug-likeness (QED) is 0.311. The van der Waals surface area contributed by atoms with Crippen molar-refractivity contribution in [2.45, 2.75) is 111 Å². The molecule has 5 atom stereocenters. The highest BCUT2D eigenvalue weighted by atomic mass is 16.6. The van der Waals surface area contributed by atoms with Crippen LogP contribution in [0.1, 0.15) is 105 Å². The second-order valence-electron chi connectivity index (χ2n) is 12.2. The number of aliphatic hydroxyl groups excluding tert-OH is 1. The minimum atomic E-state index is -0.378. The molecule has 0 aromatic heterocycles. The molecule has 3 saturated carbocycles. The number of carbonyl (C=O) groups excluding carboxylic acids is 1. The first kappa shape index (κ1) is 28.0. The molecule has 35 heavy (non-hydrogen) atoms. The second kappa shape index (κ2) is 13.1. The third-order valence-electron chi connectivity index (χ3n) is 9.21. The molecule has 5 unspecified atom stereocenters. The van der Waals surface area contributed by atoms with E-state index in [2.05, 4.69) is 51.7 Å². The van der Waals surface area contributed by atoms with E-state index in [1.54, 1.807) is 5.57 Å². The smallest absolute Gasteiger partial charge is 0.407 e. The van der Waals surface area contributed by atoms with Crippen LogP contribution in [-0.4, -0.2) is 30.5 Å². The normalized spacial score (nSPS) is 32.2. The van der Waals surface area contributed by atoms with E-state index in [1.807, 2.05) is 0 Å². The monoisotopic (exact) mass is 485 g/mol. The molecule has 0 aromatic carbocycles. The first-order chi connectivity index (χ1) is 16.7. The summed E-state index contributed by atoms with van der Waals surface area (Å²) in [6.45, 7) is 14.6. The van der Waals surface area contributed by atoms with Gasteiger partial charge in [0.05, 0.1) is 0 Å². The maximum absolute atomic E-state index is 12.1. The van der Waals surface area contributed by atoms with Gasteiger partial charge in [0.2, 0.25) is 0 Å². The highest BCUT2D eigenvalue weighted by Gasteiger charge is 2.50. The summed E-state index contributed by atoms with van der Waals surface area (Å²) < 4.78 is 5.65. The van der Waals surface area contributed by atoms with Gasteiger partial charge in [-0.3, -0.25) is 0 Å². The largest absolute Gasteiger partial charge is 0.446 e. The van der Waals surface area contributed by atoms with Gasteiger partial charge in [0.1, 0.15) is 6.10 Å². The predicted octanol–water partition coefficient (Wildman–Crippen LogP) is 7.74. The Hall–Kier alpha value is -1.55. The van der Waals surface area contributed by atoms with Gasteiger partial charge >= 0.3 is 6.09 Å². The number of ether oxygens (including phenoxy) is 1. The Morgan fingerprint density at radius 2 is 1.97 bits per heavy atom. The SMILES string of the molecule is C=C1CCC(OC(=O)NCCCO)CC1=CC=C1CCCC2(C)C1CCC2C(C)CCCC(C)C. The van der Waals surface area contributed by atoms with Crippen molar-refractivity contribution in [1.82, 2.24) is 5.32 Å². The number of rotatable bonds is 10. The van der Waals surface area contributed by atoms with Crippen molar-refractivity contribution in [1.29, 1.82) is 0 Å². The maximum Gasteiger partial charge on any atom is 0.407 e. The molecule has 0 saturated heterocycles. The standard InChI is InChI=1S/C31H51NO3/c1-22(2)9-6-10-24(4)28-16-17-29-25(11-7-18-31(28,29)5)13-14-26-21-27(15-12-23(26)3)35-30(34)32-19-8-20-33/h13-14,22,24,27-29,33H,3,6-12,15-21H2,1-2,4-5H3,(H,32,34). The van der Waals surface area contributed by atoms with E-state index in [9.17, 15) is 4.79 Å². The molecule has 2 N–H and O–H groups in total. The predicted molar refractivity (Wildman–Crippen MR) is 145 cm³/mol. The summed E-state index contributed by atoms with van der Waals surface area (Å²) in [5, 5.41) is 11.6. The number of alkyl carbamates (subject to hydrolysis) is 1. The number of hydrogen-bond acceptors (Lipinski definition) is 3. The molecule has 3 aliphatic carbocycles. The number of fused-ring (bicyclic) bond motifs is 1. The van der Waals surface area contributed by atoms with Crippen molar-refractivity contribution in [3.05, 3.63) is 35.5 Å². The molecule has 198 valence electrons. The number of carbonyl (C=O) groups is 1. The summed E-state index contributed by atoms with van der Waals surface area (Å²) in [6, 6.07) is 0. The van der Waals surface area contributed by atoms with Crippen LogP contribution in [0.4, 0.5) is 4.79 Å². The van der Waals surface area contributed by atoms with E-state index in [1.165, 1.54) is 62.5 Å². The fourth-order valence-electron chi connectivity index (χ4n) is 7.21. The highest BCUT2D eigenvalue weighted by molar-refractivity contribution is 5.67. The number of amides is 1. The molecular weight excluding hydrogens is 434 g/mol. The zero-order valence-corrected chi connectivity index (χ0v) is 22.9. The Morgan fingerprint density at radius 3 is 2.71 bits per heavy atom. The minimum Gasteiger partial charge on any atom is -0.446 e. The molecule has 0 spiro atoms. The number of allylic oxidation sites excluding steroid dienone is 4. The molecule has 4 heteroatoms. The van der Waals surface area contributed by atoms with Gasteiger partial charge in [-0.2, -0.15) is 0 Å². The lowest BCUT2D eigenvalue weighted by Crippen LogP contribution is -2.36. The van der Waals surface area contributed by atoms with Crippen LogP contribution in [0.3, 0.4) is 0 Å². The van der Waals surface area contributed by atoms with Crippen LogP contribution < -0.4 is 5.32 Å². The fourth-order valence-corrected chi connectivity index (χ4v) is 7.21. The van der Waals surface area contributed by atoms with Crippen LogP contribution in [0, 0.1) is 29.1 Å². The third kappa shape index (κ3) is 7.47. The van der Waals surface area contributed by atoms with Crippen LogP contribution in [0.5, 0.6) is 0 Å². The van der Waals surface area contributed by atoms with E-state index in [4.69, 9.17) is 9.84 Å². The maximum atomic E-state index is 12.1. The second-order valence-corrected chi connectivity index (χ2v) is 12.2. The summed E-state index contributed by atoms with van der Waals surface area (Å²) in [5.74, 6) is 3.20. The van der Waals surface area contributed by atoms with Crippen molar-refractivity contribution in [2.24, 2.45) is 29.1 Å². The van der Waals surface area contributed by atoms with Crippen LogP contribution in [0.15, 0.2) is 35.5 Å². The van der Waals surface area contributed by atoms with Gasteiger partial charge in [-0.15, -0.1) is 0 Å². The fraction of sp³-hybridized carbons (Fsp3) is 0.774. The molecule has 3 fully saturated rings. The van der Waals surface area contributed by atoms with E-state index in [0.29, 0.717) is 24.3 Å². The lowest BCUT2D eigenvalue weighted by atomic mass is 9.60. The highest BCUT2D eigenvalue weighted by Crippen LogP contribution is 2.60. The van der Waals surface area contributed by atoms with E-state index in [0.717, 1.165) is 37.0 Å². The molecular formula is C31H51NO3. The number of aliphatic hydroxyl groups is 1. The molecule has 0 radical (unpaired) electrons. The molecule has 0 aliphatic heterocycles. The number of hydrogen-bond donors (Lipinski definition) is 2. The molecule has 0 bridgehead atoms. The van der Waals surface area contributed by atoms with E-state index in [-0.39, 0.29) is 18.8 Å².